The number of benzene rings is 2. The Bertz CT molecular complexity index is 1210. The van der Waals surface area contributed by atoms with Crippen LogP contribution < -0.4 is 16.4 Å². The van der Waals surface area contributed by atoms with E-state index < -0.39 is 17.7 Å². The zero-order valence-corrected chi connectivity index (χ0v) is 22.5. The minimum atomic E-state index is -0.928. The minimum absolute atomic E-state index is 0.0769. The summed E-state index contributed by atoms with van der Waals surface area (Å²) in [5.41, 5.74) is 9.18. The highest BCUT2D eigenvalue weighted by molar-refractivity contribution is 5.92. The maximum Gasteiger partial charge on any atom is 0.246 e. The van der Waals surface area contributed by atoms with Crippen molar-refractivity contribution in [2.75, 3.05) is 25.0 Å². The van der Waals surface area contributed by atoms with E-state index in [2.05, 4.69) is 34.9 Å². The molecule has 6 nitrogen and oxygen atoms in total. The number of hydrogen-bond acceptors (Lipinski definition) is 4. The lowest BCUT2D eigenvalue weighted by Crippen LogP contribution is -2.54. The summed E-state index contributed by atoms with van der Waals surface area (Å²) in [4.78, 5) is 26.9. The van der Waals surface area contributed by atoms with Crippen LogP contribution in [0.15, 0.2) is 42.5 Å². The SMILES string of the molecule is Cc1cc(/C=C/C(=O)N2CCC(C(N[C@H]3CC[C@H](C4CNc5ccccc54)CC3)C(N)=O)CC2)cc(F)c1F. The average Bonchev–Trinajstić information content (AvgIpc) is 3.38. The number of likely N-dealkylation sites (tertiary alicyclic amines) is 1. The molecule has 4 N–H and O–H groups in total. The number of nitrogens with two attached hydrogens (primary N) is 1. The topological polar surface area (TPSA) is 87.5 Å². The van der Waals surface area contributed by atoms with Crippen molar-refractivity contribution in [2.24, 2.45) is 17.6 Å². The highest BCUT2D eigenvalue weighted by Gasteiger charge is 2.36. The van der Waals surface area contributed by atoms with Crippen molar-refractivity contribution < 1.29 is 18.4 Å². The van der Waals surface area contributed by atoms with Gasteiger partial charge in [-0.05, 0) is 98.2 Å². The number of fused-ring (bicyclic) bond motifs is 1. The molecule has 0 spiro atoms. The number of nitrogens with one attached hydrogen (secondary N) is 2. The van der Waals surface area contributed by atoms with E-state index in [0.29, 0.717) is 43.3 Å². The van der Waals surface area contributed by atoms with E-state index in [1.165, 1.54) is 36.4 Å². The van der Waals surface area contributed by atoms with Crippen LogP contribution in [0.4, 0.5) is 14.5 Å². The van der Waals surface area contributed by atoms with E-state index in [1.807, 2.05) is 0 Å². The second-order valence-electron chi connectivity index (χ2n) is 11.4. The molecule has 1 saturated carbocycles. The lowest BCUT2D eigenvalue weighted by atomic mass is 9.76. The summed E-state index contributed by atoms with van der Waals surface area (Å²) in [6, 6.07) is 11.0. The molecule has 2 heterocycles. The summed E-state index contributed by atoms with van der Waals surface area (Å²) in [5.74, 6) is -1.04. The number of primary amides is 1. The van der Waals surface area contributed by atoms with E-state index in [1.54, 1.807) is 4.90 Å². The molecular weight excluding hydrogens is 498 g/mol. The molecule has 2 aliphatic heterocycles. The van der Waals surface area contributed by atoms with Crippen molar-refractivity contribution in [3.8, 4) is 0 Å². The van der Waals surface area contributed by atoms with Gasteiger partial charge in [0.25, 0.3) is 0 Å². The second-order valence-corrected chi connectivity index (χ2v) is 11.4. The van der Waals surface area contributed by atoms with Crippen LogP contribution in [-0.2, 0) is 9.59 Å². The van der Waals surface area contributed by atoms with Crippen molar-refractivity contribution >= 4 is 23.6 Å². The first-order chi connectivity index (χ1) is 18.8. The third-order valence-electron chi connectivity index (χ3n) is 8.91. The molecule has 2 aromatic rings. The van der Waals surface area contributed by atoms with E-state index in [0.717, 1.165) is 38.3 Å². The first-order valence-electron chi connectivity index (χ1n) is 14.1. The van der Waals surface area contributed by atoms with Crippen molar-refractivity contribution in [3.63, 3.8) is 0 Å². The molecule has 2 atom stereocenters. The van der Waals surface area contributed by atoms with Crippen LogP contribution in [0.3, 0.4) is 0 Å². The van der Waals surface area contributed by atoms with Crippen LogP contribution in [0.2, 0.25) is 0 Å². The summed E-state index contributed by atoms with van der Waals surface area (Å²) in [6.45, 7) is 3.54. The van der Waals surface area contributed by atoms with Crippen LogP contribution in [0, 0.1) is 30.4 Å². The van der Waals surface area contributed by atoms with Crippen LogP contribution in [0.5, 0.6) is 0 Å². The van der Waals surface area contributed by atoms with Gasteiger partial charge in [-0.25, -0.2) is 8.78 Å². The summed E-state index contributed by atoms with van der Waals surface area (Å²) < 4.78 is 27.2. The standard InChI is InChI=1S/C31H38F2N4O2/c1-19-16-20(17-26(32)29(19)33)6-11-28(38)37-14-12-22(13-15-37)30(31(34)39)36-23-9-7-21(8-10-23)25-18-35-27-5-3-2-4-24(25)27/h2-6,11,16-17,21-23,25,30,35-36H,7-10,12-15,18H2,1H3,(H2,34,39)/b11-6+/t21-,23-,25?,30?. The van der Waals surface area contributed by atoms with Gasteiger partial charge in [0.2, 0.25) is 11.8 Å². The van der Waals surface area contributed by atoms with Crippen molar-refractivity contribution in [1.29, 1.82) is 0 Å². The number of anilines is 1. The molecule has 1 saturated heterocycles. The van der Waals surface area contributed by atoms with Gasteiger partial charge in [0.1, 0.15) is 0 Å². The summed E-state index contributed by atoms with van der Waals surface area (Å²) in [5, 5.41) is 7.13. The Morgan fingerprint density at radius 1 is 1.08 bits per heavy atom. The van der Waals surface area contributed by atoms with E-state index >= 15 is 0 Å². The zero-order chi connectivity index (χ0) is 27.5. The van der Waals surface area contributed by atoms with Gasteiger partial charge in [-0.2, -0.15) is 0 Å². The minimum Gasteiger partial charge on any atom is -0.384 e. The van der Waals surface area contributed by atoms with Gasteiger partial charge >= 0.3 is 0 Å². The quantitative estimate of drug-likeness (QED) is 0.447. The highest BCUT2D eigenvalue weighted by Crippen LogP contribution is 2.42. The number of para-hydroxylation sites is 1. The molecule has 0 aromatic heterocycles. The van der Waals surface area contributed by atoms with Crippen LogP contribution in [0.1, 0.15) is 61.1 Å². The van der Waals surface area contributed by atoms with Crippen LogP contribution in [0.25, 0.3) is 6.08 Å². The molecule has 5 rings (SSSR count). The Hall–Kier alpha value is -3.26. The Kier molecular flexibility index (Phi) is 8.31. The van der Waals surface area contributed by atoms with Gasteiger partial charge in [0.15, 0.2) is 11.6 Å². The number of aryl methyl sites for hydroxylation is 1. The number of piperidine rings is 1. The smallest absolute Gasteiger partial charge is 0.246 e. The second kappa shape index (κ2) is 11.9. The zero-order valence-electron chi connectivity index (χ0n) is 22.5. The fourth-order valence-corrected chi connectivity index (χ4v) is 6.70. The molecule has 2 amide bonds. The third kappa shape index (κ3) is 6.16. The first kappa shape index (κ1) is 27.3. The fraction of sp³-hybridized carbons (Fsp3) is 0.484. The molecule has 2 unspecified atom stereocenters. The number of nitrogens with zero attached hydrogens (tertiary/aromatic N) is 1. The Morgan fingerprint density at radius 3 is 2.49 bits per heavy atom. The molecule has 0 bridgehead atoms. The first-order valence-corrected chi connectivity index (χ1v) is 14.1. The maximum absolute atomic E-state index is 13.7. The number of amides is 2. The lowest BCUT2D eigenvalue weighted by Gasteiger charge is -2.38. The molecular formula is C31H38F2N4O2. The largest absolute Gasteiger partial charge is 0.384 e. The van der Waals surface area contributed by atoms with Crippen LogP contribution in [-0.4, -0.2) is 48.4 Å². The van der Waals surface area contributed by atoms with Gasteiger partial charge in [0.05, 0.1) is 6.04 Å². The molecule has 2 fully saturated rings. The van der Waals surface area contributed by atoms with Crippen molar-refractivity contribution in [1.82, 2.24) is 10.2 Å². The van der Waals surface area contributed by atoms with Crippen LogP contribution >= 0.6 is 0 Å². The van der Waals surface area contributed by atoms with Gasteiger partial charge in [-0.15, -0.1) is 0 Å². The average molecular weight is 537 g/mol. The maximum atomic E-state index is 13.7. The molecule has 208 valence electrons. The summed E-state index contributed by atoms with van der Waals surface area (Å²) in [6.07, 6.45) is 8.58. The molecule has 1 aliphatic carbocycles. The predicted octanol–water partition coefficient (Wildman–Crippen LogP) is 4.74. The van der Waals surface area contributed by atoms with Gasteiger partial charge in [-0.3, -0.25) is 9.59 Å². The van der Waals surface area contributed by atoms with Gasteiger partial charge in [0, 0.05) is 43.4 Å². The summed E-state index contributed by atoms with van der Waals surface area (Å²) >= 11 is 0. The van der Waals surface area contributed by atoms with E-state index in [9.17, 15) is 18.4 Å². The molecule has 8 heteroatoms. The molecule has 0 radical (unpaired) electrons. The van der Waals surface area contributed by atoms with Crippen molar-refractivity contribution in [2.45, 2.75) is 63.5 Å². The fourth-order valence-electron chi connectivity index (χ4n) is 6.70. The molecule has 3 aliphatic rings. The Morgan fingerprint density at radius 2 is 1.79 bits per heavy atom. The third-order valence-corrected chi connectivity index (χ3v) is 8.91. The normalized spacial score (nSPS) is 24.4. The van der Waals surface area contributed by atoms with E-state index in [-0.39, 0.29) is 29.3 Å². The Labute approximate surface area is 229 Å². The number of carbonyl (C=O) groups is 2. The number of hydrogen-bond donors (Lipinski definition) is 3. The van der Waals surface area contributed by atoms with E-state index in [4.69, 9.17) is 5.73 Å². The lowest BCUT2D eigenvalue weighted by molar-refractivity contribution is -0.128. The predicted molar refractivity (Wildman–Crippen MR) is 149 cm³/mol. The number of rotatable bonds is 7. The highest BCUT2D eigenvalue weighted by atomic mass is 19.2. The number of halogens is 2. The molecule has 2 aromatic carbocycles. The summed E-state index contributed by atoms with van der Waals surface area (Å²) in [7, 11) is 0. The number of carbonyl (C=O) groups excluding carboxylic acids is 2. The monoisotopic (exact) mass is 536 g/mol. The Balaban J connectivity index is 1.11. The van der Waals surface area contributed by atoms with Crippen molar-refractivity contribution in [3.05, 3.63) is 70.8 Å². The van der Waals surface area contributed by atoms with Gasteiger partial charge in [-0.1, -0.05) is 18.2 Å². The molecule has 39 heavy (non-hydrogen) atoms. The van der Waals surface area contributed by atoms with Gasteiger partial charge < -0.3 is 21.3 Å².